The van der Waals surface area contributed by atoms with Crippen molar-refractivity contribution in [1.29, 1.82) is 0 Å². The van der Waals surface area contributed by atoms with Gasteiger partial charge in [-0.05, 0) is 30.7 Å². The van der Waals surface area contributed by atoms with Crippen LogP contribution in [-0.2, 0) is 4.79 Å². The van der Waals surface area contributed by atoms with E-state index in [-0.39, 0.29) is 5.91 Å². The van der Waals surface area contributed by atoms with Gasteiger partial charge in [-0.2, -0.15) is 5.10 Å². The van der Waals surface area contributed by atoms with Crippen LogP contribution in [0.4, 0.5) is 0 Å². The van der Waals surface area contributed by atoms with Crippen LogP contribution < -0.4 is 14.8 Å². The largest absolute Gasteiger partial charge is 0.490 e. The highest BCUT2D eigenvalue weighted by Gasteiger charge is 2.15. The van der Waals surface area contributed by atoms with E-state index in [2.05, 4.69) is 22.1 Å². The monoisotopic (exact) mass is 319 g/mol. The molecule has 0 unspecified atom stereocenters. The molecule has 1 amide bonds. The molecule has 0 saturated carbocycles. The first-order chi connectivity index (χ1) is 10.7. The van der Waals surface area contributed by atoms with Gasteiger partial charge in [0.1, 0.15) is 6.61 Å². The van der Waals surface area contributed by atoms with E-state index >= 15 is 0 Å². The number of nitrogens with zero attached hydrogens (tertiary/aromatic N) is 2. The lowest BCUT2D eigenvalue weighted by Gasteiger charge is -2.11. The van der Waals surface area contributed by atoms with Crippen molar-refractivity contribution in [3.05, 3.63) is 36.4 Å². The summed E-state index contributed by atoms with van der Waals surface area (Å²) in [4.78, 5) is 11.0. The Bertz CT molecular complexity index is 614. The third-order valence-corrected chi connectivity index (χ3v) is 3.43. The van der Waals surface area contributed by atoms with Crippen LogP contribution >= 0.6 is 11.8 Å². The number of amidine groups is 1. The molecule has 2 rings (SSSR count). The number of nitrogens with one attached hydrogen (secondary N) is 1. The molecule has 1 aliphatic heterocycles. The quantitative estimate of drug-likeness (QED) is 0.475. The summed E-state index contributed by atoms with van der Waals surface area (Å²) in [6.07, 6.45) is 3.27. The Morgan fingerprint density at radius 1 is 1.41 bits per heavy atom. The topological polar surface area (TPSA) is 72.3 Å². The summed E-state index contributed by atoms with van der Waals surface area (Å²) in [5, 5.41) is 11.0. The van der Waals surface area contributed by atoms with E-state index in [0.717, 1.165) is 5.56 Å². The van der Waals surface area contributed by atoms with Crippen LogP contribution in [0.3, 0.4) is 0 Å². The minimum atomic E-state index is -0.0543. The summed E-state index contributed by atoms with van der Waals surface area (Å²) in [6, 6.07) is 5.49. The van der Waals surface area contributed by atoms with Crippen LogP contribution in [0.2, 0.25) is 0 Å². The molecule has 7 heteroatoms. The average Bonchev–Trinajstić information content (AvgIpc) is 2.92. The number of thioether (sulfide) groups is 1. The Kier molecular flexibility index (Phi) is 6.02. The predicted molar refractivity (Wildman–Crippen MR) is 88.9 cm³/mol. The number of amides is 1. The molecular formula is C15H17N3O3S. The maximum absolute atomic E-state index is 11.0. The van der Waals surface area contributed by atoms with Gasteiger partial charge >= 0.3 is 0 Å². The van der Waals surface area contributed by atoms with Gasteiger partial charge in [-0.25, -0.2) is 0 Å². The molecule has 1 aromatic rings. The second kappa shape index (κ2) is 8.23. The fraction of sp³-hybridized carbons (Fsp3) is 0.267. The van der Waals surface area contributed by atoms with Crippen molar-refractivity contribution >= 4 is 29.1 Å². The lowest BCUT2D eigenvalue weighted by Crippen LogP contribution is -2.19. The second-order valence-corrected chi connectivity index (χ2v) is 5.19. The van der Waals surface area contributed by atoms with E-state index in [0.29, 0.717) is 35.6 Å². The van der Waals surface area contributed by atoms with Crippen molar-refractivity contribution in [2.45, 2.75) is 6.92 Å². The number of hydrogen-bond donors (Lipinski definition) is 1. The zero-order valence-electron chi connectivity index (χ0n) is 12.2. The molecule has 0 aromatic heterocycles. The lowest BCUT2D eigenvalue weighted by molar-refractivity contribution is -0.116. The molecule has 1 fully saturated rings. The maximum Gasteiger partial charge on any atom is 0.236 e. The van der Waals surface area contributed by atoms with Crippen molar-refractivity contribution < 1.29 is 14.3 Å². The molecule has 0 atom stereocenters. The first-order valence-corrected chi connectivity index (χ1v) is 7.75. The molecule has 0 bridgehead atoms. The molecule has 6 nitrogen and oxygen atoms in total. The highest BCUT2D eigenvalue weighted by molar-refractivity contribution is 8.15. The van der Waals surface area contributed by atoms with E-state index in [1.165, 1.54) is 11.8 Å². The van der Waals surface area contributed by atoms with Gasteiger partial charge in [0.2, 0.25) is 5.91 Å². The zero-order chi connectivity index (χ0) is 15.8. The van der Waals surface area contributed by atoms with Gasteiger partial charge < -0.3 is 14.8 Å². The fourth-order valence-corrected chi connectivity index (χ4v) is 2.30. The smallest absolute Gasteiger partial charge is 0.236 e. The zero-order valence-corrected chi connectivity index (χ0v) is 13.1. The van der Waals surface area contributed by atoms with E-state index in [9.17, 15) is 4.79 Å². The SMILES string of the molecule is C=CCOc1ccc(C=NN=C2NC(=O)CS2)cc1OCC. The molecule has 22 heavy (non-hydrogen) atoms. The summed E-state index contributed by atoms with van der Waals surface area (Å²) in [5.41, 5.74) is 0.827. The van der Waals surface area contributed by atoms with Crippen molar-refractivity contribution in [2.24, 2.45) is 10.2 Å². The van der Waals surface area contributed by atoms with Gasteiger partial charge in [-0.3, -0.25) is 4.79 Å². The number of ether oxygens (including phenoxy) is 2. The van der Waals surface area contributed by atoms with E-state index in [4.69, 9.17) is 9.47 Å². The number of carbonyl (C=O) groups is 1. The van der Waals surface area contributed by atoms with Crippen LogP contribution in [0.15, 0.2) is 41.1 Å². The van der Waals surface area contributed by atoms with Crippen LogP contribution in [0.5, 0.6) is 11.5 Å². The molecule has 1 N–H and O–H groups in total. The highest BCUT2D eigenvalue weighted by atomic mass is 32.2. The summed E-state index contributed by atoms with van der Waals surface area (Å²) in [6.45, 7) is 6.48. The number of hydrogen-bond acceptors (Lipinski definition) is 6. The summed E-state index contributed by atoms with van der Waals surface area (Å²) < 4.78 is 11.1. The fourth-order valence-electron chi connectivity index (χ4n) is 1.67. The lowest BCUT2D eigenvalue weighted by atomic mass is 10.2. The number of benzene rings is 1. The Labute approximate surface area is 133 Å². The Morgan fingerprint density at radius 3 is 2.95 bits per heavy atom. The maximum atomic E-state index is 11.0. The molecule has 116 valence electrons. The molecule has 1 aromatic carbocycles. The van der Waals surface area contributed by atoms with E-state index in [1.807, 2.05) is 25.1 Å². The van der Waals surface area contributed by atoms with Crippen molar-refractivity contribution in [1.82, 2.24) is 5.32 Å². The van der Waals surface area contributed by atoms with Gasteiger partial charge in [0, 0.05) is 0 Å². The van der Waals surface area contributed by atoms with E-state index in [1.54, 1.807) is 12.3 Å². The van der Waals surface area contributed by atoms with E-state index < -0.39 is 0 Å². The molecular weight excluding hydrogens is 302 g/mol. The summed E-state index contributed by atoms with van der Waals surface area (Å²) >= 11 is 1.33. The second-order valence-electron chi connectivity index (χ2n) is 4.23. The number of carbonyl (C=O) groups excluding carboxylic acids is 1. The predicted octanol–water partition coefficient (Wildman–Crippen LogP) is 2.20. The first kappa shape index (κ1) is 16.1. The molecule has 0 aliphatic carbocycles. The van der Waals surface area contributed by atoms with Gasteiger partial charge in [0.15, 0.2) is 16.7 Å². The first-order valence-electron chi connectivity index (χ1n) is 6.77. The van der Waals surface area contributed by atoms with Crippen molar-refractivity contribution in [3.63, 3.8) is 0 Å². The summed E-state index contributed by atoms with van der Waals surface area (Å²) in [7, 11) is 0. The van der Waals surface area contributed by atoms with Crippen LogP contribution in [0.1, 0.15) is 12.5 Å². The van der Waals surface area contributed by atoms with Crippen LogP contribution in [0, 0.1) is 0 Å². The van der Waals surface area contributed by atoms with Gasteiger partial charge in [0.25, 0.3) is 0 Å². The molecule has 1 aliphatic rings. The minimum absolute atomic E-state index is 0.0543. The molecule has 0 spiro atoms. The highest BCUT2D eigenvalue weighted by Crippen LogP contribution is 2.28. The third kappa shape index (κ3) is 4.63. The van der Waals surface area contributed by atoms with Crippen LogP contribution in [-0.4, -0.2) is 36.3 Å². The minimum Gasteiger partial charge on any atom is -0.490 e. The Hall–Kier alpha value is -2.28. The standard InChI is InChI=1S/C15H17N3O3S/c1-3-7-21-12-6-5-11(8-13(12)20-4-2)9-16-18-15-17-14(19)10-22-15/h3,5-6,8-9H,1,4,7,10H2,2H3,(H,17,18,19). The Balaban J connectivity index is 2.08. The average molecular weight is 319 g/mol. The Morgan fingerprint density at radius 2 is 2.27 bits per heavy atom. The van der Waals surface area contributed by atoms with Crippen LogP contribution in [0.25, 0.3) is 0 Å². The molecule has 1 heterocycles. The number of rotatable bonds is 7. The van der Waals surface area contributed by atoms with Gasteiger partial charge in [-0.15, -0.1) is 5.10 Å². The molecule has 1 saturated heterocycles. The summed E-state index contributed by atoms with van der Waals surface area (Å²) in [5.74, 6) is 1.63. The van der Waals surface area contributed by atoms with Crippen molar-refractivity contribution in [2.75, 3.05) is 19.0 Å². The third-order valence-electron chi connectivity index (χ3n) is 2.57. The van der Waals surface area contributed by atoms with Crippen molar-refractivity contribution in [3.8, 4) is 11.5 Å². The van der Waals surface area contributed by atoms with Gasteiger partial charge in [0.05, 0.1) is 18.6 Å². The normalized spacial score (nSPS) is 16.0. The van der Waals surface area contributed by atoms with Gasteiger partial charge in [-0.1, -0.05) is 24.4 Å². The molecule has 0 radical (unpaired) electrons.